The second-order valence-corrected chi connectivity index (χ2v) is 5.80. The van der Waals surface area contributed by atoms with E-state index in [1.807, 2.05) is 7.05 Å². The molecule has 2 N–H and O–H groups in total. The smallest absolute Gasteiger partial charge is 0.141 e. The number of halogens is 1. The summed E-state index contributed by atoms with van der Waals surface area (Å²) in [6, 6.07) is 8.61. The van der Waals surface area contributed by atoms with Gasteiger partial charge < -0.3 is 10.3 Å². The van der Waals surface area contributed by atoms with Crippen molar-refractivity contribution in [3.63, 3.8) is 0 Å². The first-order valence-corrected chi connectivity index (χ1v) is 7.35. The third-order valence-corrected chi connectivity index (χ3v) is 4.02. The molecule has 0 spiro atoms. The van der Waals surface area contributed by atoms with Gasteiger partial charge in [0.1, 0.15) is 10.4 Å². The van der Waals surface area contributed by atoms with Gasteiger partial charge in [0, 0.05) is 19.0 Å². The molecule has 1 heterocycles. The molecule has 0 aliphatic rings. The highest BCUT2D eigenvalue weighted by Gasteiger charge is 2.13. The summed E-state index contributed by atoms with van der Waals surface area (Å²) < 4.78 is 3.00. The van der Waals surface area contributed by atoms with Crippen molar-refractivity contribution >= 4 is 15.9 Å². The molecule has 1 aromatic heterocycles. The van der Waals surface area contributed by atoms with E-state index in [4.69, 9.17) is 5.73 Å². The van der Waals surface area contributed by atoms with Gasteiger partial charge in [0.15, 0.2) is 0 Å². The lowest BCUT2D eigenvalue weighted by molar-refractivity contribution is 0.807. The van der Waals surface area contributed by atoms with E-state index in [0.717, 1.165) is 28.1 Å². The molecular weight excluding hydrogens is 302 g/mol. The summed E-state index contributed by atoms with van der Waals surface area (Å²) in [6.45, 7) is 5.03. The van der Waals surface area contributed by atoms with Gasteiger partial charge in [0.05, 0.1) is 5.69 Å². The molecule has 0 atom stereocenters. The van der Waals surface area contributed by atoms with Crippen molar-refractivity contribution in [2.24, 2.45) is 12.8 Å². The number of hydrogen-bond donors (Lipinski definition) is 1. The quantitative estimate of drug-likeness (QED) is 0.937. The average Bonchev–Trinajstić information content (AvgIpc) is 2.67. The van der Waals surface area contributed by atoms with Gasteiger partial charge in [0.2, 0.25) is 0 Å². The monoisotopic (exact) mass is 321 g/mol. The third kappa shape index (κ3) is 2.90. The van der Waals surface area contributed by atoms with Gasteiger partial charge in [-0.1, -0.05) is 38.1 Å². The standard InChI is InChI=1S/C15H20BrN3/c1-10(2)11-4-6-12(7-5-11)15-18-14(16)13(8-9-17)19(15)3/h4-7,10H,8-9,17H2,1-3H3. The Kier molecular flexibility index (Phi) is 4.42. The summed E-state index contributed by atoms with van der Waals surface area (Å²) in [5.74, 6) is 1.53. The Bertz CT molecular complexity index is 556. The topological polar surface area (TPSA) is 43.8 Å². The van der Waals surface area contributed by atoms with Gasteiger partial charge in [-0.25, -0.2) is 4.98 Å². The molecule has 0 bridgehead atoms. The number of nitrogens with zero attached hydrogens (tertiary/aromatic N) is 2. The van der Waals surface area contributed by atoms with E-state index >= 15 is 0 Å². The van der Waals surface area contributed by atoms with Crippen molar-refractivity contribution in [1.29, 1.82) is 0 Å². The second kappa shape index (κ2) is 5.88. The van der Waals surface area contributed by atoms with Crippen LogP contribution in [0.15, 0.2) is 28.9 Å². The van der Waals surface area contributed by atoms with Crippen LogP contribution in [0.25, 0.3) is 11.4 Å². The molecular formula is C15H20BrN3. The molecule has 102 valence electrons. The van der Waals surface area contributed by atoms with Crippen LogP contribution in [0.5, 0.6) is 0 Å². The minimum Gasteiger partial charge on any atom is -0.330 e. The van der Waals surface area contributed by atoms with Gasteiger partial charge in [0.25, 0.3) is 0 Å². The summed E-state index contributed by atoms with van der Waals surface area (Å²) in [7, 11) is 2.04. The second-order valence-electron chi connectivity index (χ2n) is 5.05. The van der Waals surface area contributed by atoms with Gasteiger partial charge in [-0.05, 0) is 34.0 Å². The van der Waals surface area contributed by atoms with E-state index in [1.165, 1.54) is 5.56 Å². The first-order valence-electron chi connectivity index (χ1n) is 6.56. The summed E-state index contributed by atoms with van der Waals surface area (Å²) in [5, 5.41) is 0. The highest BCUT2D eigenvalue weighted by molar-refractivity contribution is 9.10. The Labute approximate surface area is 123 Å². The van der Waals surface area contributed by atoms with Crippen molar-refractivity contribution in [3.8, 4) is 11.4 Å². The summed E-state index contributed by atoms with van der Waals surface area (Å²) in [4.78, 5) is 4.60. The van der Waals surface area contributed by atoms with Crippen LogP contribution in [0.4, 0.5) is 0 Å². The van der Waals surface area contributed by atoms with E-state index in [9.17, 15) is 0 Å². The first-order chi connectivity index (χ1) is 9.04. The number of aromatic nitrogens is 2. The van der Waals surface area contributed by atoms with Crippen molar-refractivity contribution in [1.82, 2.24) is 9.55 Å². The van der Waals surface area contributed by atoms with E-state index in [0.29, 0.717) is 12.5 Å². The van der Waals surface area contributed by atoms with E-state index in [-0.39, 0.29) is 0 Å². The van der Waals surface area contributed by atoms with Crippen LogP contribution in [0.3, 0.4) is 0 Å². The minimum atomic E-state index is 0.551. The van der Waals surface area contributed by atoms with Crippen molar-refractivity contribution in [2.45, 2.75) is 26.2 Å². The Hall–Kier alpha value is -1.13. The molecule has 3 nitrogen and oxygen atoms in total. The zero-order chi connectivity index (χ0) is 14.0. The van der Waals surface area contributed by atoms with Crippen molar-refractivity contribution < 1.29 is 0 Å². The average molecular weight is 322 g/mol. The molecule has 0 amide bonds. The number of hydrogen-bond acceptors (Lipinski definition) is 2. The molecule has 0 radical (unpaired) electrons. The van der Waals surface area contributed by atoms with Gasteiger partial charge in [-0.15, -0.1) is 0 Å². The minimum absolute atomic E-state index is 0.551. The number of rotatable bonds is 4. The first kappa shape index (κ1) is 14.3. The highest BCUT2D eigenvalue weighted by Crippen LogP contribution is 2.26. The van der Waals surface area contributed by atoms with Crippen molar-refractivity contribution in [2.75, 3.05) is 6.54 Å². The zero-order valence-electron chi connectivity index (χ0n) is 11.7. The normalized spacial score (nSPS) is 11.3. The Morgan fingerprint density at radius 2 is 1.89 bits per heavy atom. The molecule has 0 aliphatic carbocycles. The number of benzene rings is 1. The molecule has 0 fully saturated rings. The van der Waals surface area contributed by atoms with Crippen LogP contribution < -0.4 is 5.73 Å². The third-order valence-electron chi connectivity index (χ3n) is 3.38. The predicted octanol–water partition coefficient (Wildman–Crippen LogP) is 3.47. The zero-order valence-corrected chi connectivity index (χ0v) is 13.2. The molecule has 0 aliphatic heterocycles. The van der Waals surface area contributed by atoms with Crippen LogP contribution >= 0.6 is 15.9 Å². The maximum Gasteiger partial charge on any atom is 0.141 e. The predicted molar refractivity (Wildman–Crippen MR) is 83.2 cm³/mol. The molecule has 19 heavy (non-hydrogen) atoms. The molecule has 2 aromatic rings. The van der Waals surface area contributed by atoms with E-state index < -0.39 is 0 Å². The maximum absolute atomic E-state index is 5.64. The maximum atomic E-state index is 5.64. The molecule has 0 saturated carbocycles. The largest absolute Gasteiger partial charge is 0.330 e. The SMILES string of the molecule is CC(C)c1ccc(-c2nc(Br)c(CCN)n2C)cc1. The molecule has 1 aromatic carbocycles. The molecule has 2 rings (SSSR count). The Balaban J connectivity index is 2.39. The van der Waals surface area contributed by atoms with Crippen LogP contribution in [0.1, 0.15) is 31.0 Å². The Morgan fingerprint density at radius 3 is 2.42 bits per heavy atom. The lowest BCUT2D eigenvalue weighted by atomic mass is 10.0. The fourth-order valence-corrected chi connectivity index (χ4v) is 2.81. The van der Waals surface area contributed by atoms with Gasteiger partial charge in [-0.3, -0.25) is 0 Å². The lowest BCUT2D eigenvalue weighted by Gasteiger charge is -2.08. The number of nitrogens with two attached hydrogens (primary N) is 1. The van der Waals surface area contributed by atoms with Gasteiger partial charge in [-0.2, -0.15) is 0 Å². The highest BCUT2D eigenvalue weighted by atomic mass is 79.9. The lowest BCUT2D eigenvalue weighted by Crippen LogP contribution is -2.07. The Morgan fingerprint density at radius 1 is 1.26 bits per heavy atom. The van der Waals surface area contributed by atoms with E-state index in [1.54, 1.807) is 0 Å². The fourth-order valence-electron chi connectivity index (χ4n) is 2.18. The number of imidazole rings is 1. The van der Waals surface area contributed by atoms with E-state index in [2.05, 4.69) is 63.6 Å². The molecule has 0 unspecified atom stereocenters. The molecule has 4 heteroatoms. The van der Waals surface area contributed by atoms with Crippen molar-refractivity contribution in [3.05, 3.63) is 40.1 Å². The summed E-state index contributed by atoms with van der Waals surface area (Å²) >= 11 is 3.52. The van der Waals surface area contributed by atoms with Crippen LogP contribution in [0.2, 0.25) is 0 Å². The fraction of sp³-hybridized carbons (Fsp3) is 0.400. The van der Waals surface area contributed by atoms with Crippen LogP contribution in [-0.4, -0.2) is 16.1 Å². The van der Waals surface area contributed by atoms with Crippen LogP contribution in [0, 0.1) is 0 Å². The van der Waals surface area contributed by atoms with Gasteiger partial charge >= 0.3 is 0 Å². The van der Waals surface area contributed by atoms with Crippen LogP contribution in [-0.2, 0) is 13.5 Å². The molecule has 0 saturated heterocycles. The summed E-state index contributed by atoms with van der Waals surface area (Å²) in [5.41, 5.74) is 9.26. The summed E-state index contributed by atoms with van der Waals surface area (Å²) in [6.07, 6.45) is 0.828.